The van der Waals surface area contributed by atoms with Crippen molar-refractivity contribution in [2.24, 2.45) is 7.05 Å². The summed E-state index contributed by atoms with van der Waals surface area (Å²) in [4.78, 5) is 0. The zero-order valence-corrected chi connectivity index (χ0v) is 12.1. The van der Waals surface area contributed by atoms with Crippen LogP contribution in [0.2, 0.25) is 0 Å². The zero-order valence-electron chi connectivity index (χ0n) is 11.3. The van der Waals surface area contributed by atoms with Gasteiger partial charge < -0.3 is 14.3 Å². The highest BCUT2D eigenvalue weighted by Gasteiger charge is 2.15. The molecule has 0 fully saturated rings. The second-order valence-electron chi connectivity index (χ2n) is 4.21. The van der Waals surface area contributed by atoms with E-state index in [1.54, 1.807) is 12.4 Å². The summed E-state index contributed by atoms with van der Waals surface area (Å²) in [5.74, 6) is 1.45. The first kappa shape index (κ1) is 14.7. The van der Waals surface area contributed by atoms with Crippen molar-refractivity contribution < 1.29 is 12.8 Å². The molecule has 2 aromatic rings. The third kappa shape index (κ3) is 3.44. The van der Waals surface area contributed by atoms with Crippen LogP contribution in [0.4, 0.5) is 0 Å². The SMILES string of the molecule is CNS(=O)(=O)c1ccc(CNCCc2nncn2C)o1. The summed E-state index contributed by atoms with van der Waals surface area (Å²) >= 11 is 0. The fraction of sp³-hybridized carbons (Fsp3) is 0.455. The van der Waals surface area contributed by atoms with E-state index in [1.807, 2.05) is 11.6 Å². The molecule has 20 heavy (non-hydrogen) atoms. The van der Waals surface area contributed by atoms with Gasteiger partial charge in [0, 0.05) is 20.0 Å². The molecule has 0 aliphatic carbocycles. The van der Waals surface area contributed by atoms with Crippen LogP contribution >= 0.6 is 0 Å². The van der Waals surface area contributed by atoms with Crippen LogP contribution in [0.3, 0.4) is 0 Å². The number of aryl methyl sites for hydroxylation is 1. The minimum atomic E-state index is -3.52. The molecule has 0 aromatic carbocycles. The summed E-state index contributed by atoms with van der Waals surface area (Å²) in [5.41, 5.74) is 0. The zero-order chi connectivity index (χ0) is 14.6. The van der Waals surface area contributed by atoms with E-state index in [0.29, 0.717) is 18.8 Å². The van der Waals surface area contributed by atoms with Crippen molar-refractivity contribution in [3.63, 3.8) is 0 Å². The number of hydrogen-bond donors (Lipinski definition) is 2. The van der Waals surface area contributed by atoms with Gasteiger partial charge in [0.25, 0.3) is 10.0 Å². The van der Waals surface area contributed by atoms with E-state index in [4.69, 9.17) is 4.42 Å². The number of nitrogens with one attached hydrogen (secondary N) is 2. The minimum Gasteiger partial charge on any atom is -0.447 e. The molecule has 0 spiro atoms. The van der Waals surface area contributed by atoms with Crippen LogP contribution in [-0.2, 0) is 30.0 Å². The van der Waals surface area contributed by atoms with Crippen molar-refractivity contribution in [3.05, 3.63) is 30.0 Å². The average molecular weight is 299 g/mol. The Morgan fingerprint density at radius 1 is 1.40 bits per heavy atom. The highest BCUT2D eigenvalue weighted by molar-refractivity contribution is 7.89. The van der Waals surface area contributed by atoms with Gasteiger partial charge in [-0.1, -0.05) is 0 Å². The van der Waals surface area contributed by atoms with Gasteiger partial charge in [-0.2, -0.15) is 0 Å². The second kappa shape index (κ2) is 6.16. The molecule has 0 bridgehead atoms. The van der Waals surface area contributed by atoms with Gasteiger partial charge in [-0.15, -0.1) is 10.2 Å². The predicted octanol–water partition coefficient (Wildman–Crippen LogP) is -0.351. The first-order valence-corrected chi connectivity index (χ1v) is 7.57. The van der Waals surface area contributed by atoms with Crippen LogP contribution in [-0.4, -0.2) is 36.8 Å². The lowest BCUT2D eigenvalue weighted by molar-refractivity contribution is 0.401. The quantitative estimate of drug-likeness (QED) is 0.677. The van der Waals surface area contributed by atoms with Gasteiger partial charge in [0.05, 0.1) is 6.54 Å². The summed E-state index contributed by atoms with van der Waals surface area (Å²) in [6.07, 6.45) is 2.38. The lowest BCUT2D eigenvalue weighted by atomic mass is 10.4. The van der Waals surface area contributed by atoms with Crippen LogP contribution in [0.1, 0.15) is 11.6 Å². The number of sulfonamides is 1. The van der Waals surface area contributed by atoms with Crippen molar-refractivity contribution in [3.8, 4) is 0 Å². The molecule has 0 amide bonds. The van der Waals surface area contributed by atoms with Gasteiger partial charge in [0.1, 0.15) is 17.9 Å². The molecular formula is C11H17N5O3S. The van der Waals surface area contributed by atoms with E-state index in [0.717, 1.165) is 12.2 Å². The Bertz CT molecular complexity index is 661. The maximum Gasteiger partial charge on any atom is 0.273 e. The molecule has 0 aliphatic heterocycles. The maximum absolute atomic E-state index is 11.5. The van der Waals surface area contributed by atoms with Gasteiger partial charge in [-0.3, -0.25) is 0 Å². The smallest absolute Gasteiger partial charge is 0.273 e. The van der Waals surface area contributed by atoms with Crippen molar-refractivity contribution in [1.29, 1.82) is 0 Å². The Labute approximate surface area is 117 Å². The van der Waals surface area contributed by atoms with Crippen LogP contribution in [0.15, 0.2) is 28.0 Å². The number of nitrogens with zero attached hydrogens (tertiary/aromatic N) is 3. The molecule has 110 valence electrons. The van der Waals surface area contributed by atoms with Crippen molar-refractivity contribution in [2.75, 3.05) is 13.6 Å². The number of rotatable bonds is 7. The summed E-state index contributed by atoms with van der Waals surface area (Å²) in [7, 11) is -0.285. The summed E-state index contributed by atoms with van der Waals surface area (Å²) < 4.78 is 32.3. The van der Waals surface area contributed by atoms with E-state index in [2.05, 4.69) is 20.2 Å². The first-order chi connectivity index (χ1) is 9.53. The highest BCUT2D eigenvalue weighted by Crippen LogP contribution is 2.13. The van der Waals surface area contributed by atoms with Crippen LogP contribution in [0.5, 0.6) is 0 Å². The van der Waals surface area contributed by atoms with Crippen LogP contribution in [0, 0.1) is 0 Å². The molecule has 0 saturated heterocycles. The molecule has 0 saturated carbocycles. The molecule has 2 rings (SSSR count). The molecule has 2 aromatic heterocycles. The molecular weight excluding hydrogens is 282 g/mol. The number of aromatic nitrogens is 3. The Morgan fingerprint density at radius 3 is 2.85 bits per heavy atom. The lowest BCUT2D eigenvalue weighted by Crippen LogP contribution is -2.18. The van der Waals surface area contributed by atoms with Gasteiger partial charge >= 0.3 is 0 Å². The van der Waals surface area contributed by atoms with Crippen molar-refractivity contribution in [2.45, 2.75) is 18.1 Å². The third-order valence-electron chi connectivity index (χ3n) is 2.80. The van der Waals surface area contributed by atoms with Crippen molar-refractivity contribution in [1.82, 2.24) is 24.8 Å². The standard InChI is InChI=1S/C11H17N5O3S/c1-12-20(17,18)11-4-3-9(19-11)7-13-6-5-10-15-14-8-16(10)2/h3-4,8,12-13H,5-7H2,1-2H3. The molecule has 0 atom stereocenters. The minimum absolute atomic E-state index is 0.0786. The monoisotopic (exact) mass is 299 g/mol. The second-order valence-corrected chi connectivity index (χ2v) is 6.03. The topological polar surface area (TPSA) is 102 Å². The van der Waals surface area contributed by atoms with Crippen molar-refractivity contribution >= 4 is 10.0 Å². The molecule has 9 heteroatoms. The third-order valence-corrected chi connectivity index (χ3v) is 4.09. The Hall–Kier alpha value is -1.71. The largest absolute Gasteiger partial charge is 0.447 e. The van der Waals surface area contributed by atoms with E-state index in [-0.39, 0.29) is 5.09 Å². The number of furan rings is 1. The Morgan fingerprint density at radius 2 is 2.20 bits per heavy atom. The Balaban J connectivity index is 1.82. The van der Waals surface area contributed by atoms with Crippen LogP contribution < -0.4 is 10.0 Å². The molecule has 0 aliphatic rings. The number of hydrogen-bond acceptors (Lipinski definition) is 6. The summed E-state index contributed by atoms with van der Waals surface area (Å²) in [6.45, 7) is 1.15. The van der Waals surface area contributed by atoms with E-state index in [1.165, 1.54) is 13.1 Å². The van der Waals surface area contributed by atoms with E-state index >= 15 is 0 Å². The van der Waals surface area contributed by atoms with Gasteiger partial charge in [0.15, 0.2) is 0 Å². The maximum atomic E-state index is 11.5. The van der Waals surface area contributed by atoms with Gasteiger partial charge in [0.2, 0.25) is 5.09 Å². The van der Waals surface area contributed by atoms with Crippen LogP contribution in [0.25, 0.3) is 0 Å². The summed E-state index contributed by atoms with van der Waals surface area (Å²) in [6, 6.07) is 3.07. The van der Waals surface area contributed by atoms with E-state index in [9.17, 15) is 8.42 Å². The van der Waals surface area contributed by atoms with E-state index < -0.39 is 10.0 Å². The first-order valence-electron chi connectivity index (χ1n) is 6.09. The molecule has 2 N–H and O–H groups in total. The fourth-order valence-electron chi connectivity index (χ4n) is 1.64. The molecule has 8 nitrogen and oxygen atoms in total. The average Bonchev–Trinajstić information content (AvgIpc) is 3.04. The normalized spacial score (nSPS) is 11.9. The summed E-state index contributed by atoms with van der Waals surface area (Å²) in [5, 5.41) is 10.8. The molecule has 2 heterocycles. The Kier molecular flexibility index (Phi) is 4.53. The van der Waals surface area contributed by atoms with Gasteiger partial charge in [-0.25, -0.2) is 13.1 Å². The van der Waals surface area contributed by atoms with Gasteiger partial charge in [-0.05, 0) is 19.2 Å². The molecule has 0 unspecified atom stereocenters. The predicted molar refractivity (Wildman–Crippen MR) is 71.4 cm³/mol. The lowest BCUT2D eigenvalue weighted by Gasteiger charge is -2.02. The fourth-order valence-corrected chi connectivity index (χ4v) is 2.31. The molecule has 0 radical (unpaired) electrons. The highest BCUT2D eigenvalue weighted by atomic mass is 32.2.